The number of unbranched alkanes of at least 4 members (excludes halogenated alkanes) is 15. The minimum atomic E-state index is -0.775. The highest BCUT2D eigenvalue weighted by molar-refractivity contribution is 9.10. The molecule has 0 aliphatic heterocycles. The van der Waals surface area contributed by atoms with Crippen LogP contribution >= 0.6 is 15.9 Å². The number of amides is 1. The van der Waals surface area contributed by atoms with Gasteiger partial charge in [0.25, 0.3) is 0 Å². The number of carbonyl (C=O) groups is 2. The molecule has 37 heavy (non-hydrogen) atoms. The SMILES string of the molecule is CCCCCCCCCCCCCCCCCCNC(=O)OC(C)(Br)CCCC(=O)OC1(C)CCCC1. The maximum absolute atomic E-state index is 12.1. The van der Waals surface area contributed by atoms with Crippen LogP contribution < -0.4 is 5.32 Å². The molecule has 0 aromatic heterocycles. The molecule has 0 heterocycles. The lowest BCUT2D eigenvalue weighted by Crippen LogP contribution is -2.33. The molecule has 1 atom stereocenters. The largest absolute Gasteiger partial charge is 0.459 e. The number of alkyl carbamates (subject to hydrolysis) is 1. The van der Waals surface area contributed by atoms with Crippen molar-refractivity contribution >= 4 is 28.0 Å². The van der Waals surface area contributed by atoms with Gasteiger partial charge < -0.3 is 14.8 Å². The number of hydrogen-bond donors (Lipinski definition) is 1. The summed E-state index contributed by atoms with van der Waals surface area (Å²) in [7, 11) is 0. The van der Waals surface area contributed by atoms with E-state index in [1.165, 1.54) is 89.9 Å². The van der Waals surface area contributed by atoms with E-state index in [4.69, 9.17) is 9.47 Å². The lowest BCUT2D eigenvalue weighted by Gasteiger charge is -2.25. The lowest BCUT2D eigenvalue weighted by atomic mass is 10.0. The number of carbonyl (C=O) groups excluding carboxylic acids is 2. The topological polar surface area (TPSA) is 64.6 Å². The maximum Gasteiger partial charge on any atom is 0.408 e. The first-order chi connectivity index (χ1) is 17.8. The highest BCUT2D eigenvalue weighted by Crippen LogP contribution is 2.33. The first kappa shape index (κ1) is 34.2. The molecule has 1 saturated carbocycles. The van der Waals surface area contributed by atoms with E-state index >= 15 is 0 Å². The number of alkyl halides is 1. The van der Waals surface area contributed by atoms with Gasteiger partial charge in [0.1, 0.15) is 5.60 Å². The smallest absolute Gasteiger partial charge is 0.408 e. The Hall–Kier alpha value is -0.780. The van der Waals surface area contributed by atoms with Crippen molar-refractivity contribution in [3.63, 3.8) is 0 Å². The Morgan fingerprint density at radius 3 is 1.73 bits per heavy atom. The van der Waals surface area contributed by atoms with Crippen molar-refractivity contribution in [2.24, 2.45) is 0 Å². The van der Waals surface area contributed by atoms with Gasteiger partial charge in [0.15, 0.2) is 4.51 Å². The number of esters is 1. The van der Waals surface area contributed by atoms with Crippen LogP contribution in [0.4, 0.5) is 4.79 Å². The second-order valence-corrected chi connectivity index (χ2v) is 13.4. The van der Waals surface area contributed by atoms with Gasteiger partial charge in [0, 0.05) is 13.0 Å². The second-order valence-electron chi connectivity index (χ2n) is 11.7. The zero-order valence-electron chi connectivity index (χ0n) is 24.5. The second kappa shape index (κ2) is 21.1. The molecule has 1 N–H and O–H groups in total. The van der Waals surface area contributed by atoms with E-state index in [0.717, 1.165) is 38.5 Å². The minimum absolute atomic E-state index is 0.152. The molecule has 0 aromatic rings. The van der Waals surface area contributed by atoms with Crippen LogP contribution in [0.5, 0.6) is 0 Å². The number of nitrogens with one attached hydrogen (secondary N) is 1. The van der Waals surface area contributed by atoms with E-state index < -0.39 is 10.6 Å². The van der Waals surface area contributed by atoms with Gasteiger partial charge in [-0.2, -0.15) is 0 Å². The first-order valence-electron chi connectivity index (χ1n) is 15.6. The molecule has 0 aromatic carbocycles. The van der Waals surface area contributed by atoms with Crippen molar-refractivity contribution in [3.05, 3.63) is 0 Å². The Morgan fingerprint density at radius 1 is 0.784 bits per heavy atom. The lowest BCUT2D eigenvalue weighted by molar-refractivity contribution is -0.157. The average molecular weight is 589 g/mol. The van der Waals surface area contributed by atoms with Crippen molar-refractivity contribution < 1.29 is 19.1 Å². The predicted octanol–water partition coefficient (Wildman–Crippen LogP) is 10.1. The predicted molar refractivity (Wildman–Crippen MR) is 158 cm³/mol. The number of rotatable bonds is 23. The van der Waals surface area contributed by atoms with E-state index in [1.807, 2.05) is 13.8 Å². The molecule has 218 valence electrons. The first-order valence-corrected chi connectivity index (χ1v) is 16.4. The van der Waals surface area contributed by atoms with E-state index in [9.17, 15) is 9.59 Å². The Morgan fingerprint density at radius 2 is 1.24 bits per heavy atom. The van der Waals surface area contributed by atoms with E-state index in [1.54, 1.807) is 0 Å². The van der Waals surface area contributed by atoms with Crippen LogP contribution in [0, 0.1) is 0 Å². The molecule has 0 radical (unpaired) electrons. The van der Waals surface area contributed by atoms with Gasteiger partial charge in [-0.05, 0) is 74.7 Å². The summed E-state index contributed by atoms with van der Waals surface area (Å²) in [5, 5.41) is 2.86. The standard InChI is InChI=1S/C31H58BrNO4/c1-4-5-6-7-8-9-10-11-12-13-14-15-16-17-18-21-27-33-29(35)37-31(3,32)26-22-23-28(34)36-30(2)24-19-20-25-30/h4-27H2,1-3H3,(H,33,35). The van der Waals surface area contributed by atoms with Gasteiger partial charge in [0.05, 0.1) is 0 Å². The van der Waals surface area contributed by atoms with Crippen LogP contribution in [-0.4, -0.2) is 28.7 Å². The van der Waals surface area contributed by atoms with Crippen LogP contribution in [0.2, 0.25) is 0 Å². The fraction of sp³-hybridized carbons (Fsp3) is 0.935. The van der Waals surface area contributed by atoms with Crippen LogP contribution in [-0.2, 0) is 14.3 Å². The average Bonchev–Trinajstić information content (AvgIpc) is 3.26. The Kier molecular flexibility index (Phi) is 19.5. The molecule has 1 amide bonds. The van der Waals surface area contributed by atoms with Crippen molar-refractivity contribution in [1.82, 2.24) is 5.32 Å². The summed E-state index contributed by atoms with van der Waals surface area (Å²) in [4.78, 5) is 24.3. The van der Waals surface area contributed by atoms with Crippen molar-refractivity contribution in [1.29, 1.82) is 0 Å². The molecule has 1 aliphatic rings. The summed E-state index contributed by atoms with van der Waals surface area (Å²) in [5.41, 5.74) is -0.280. The van der Waals surface area contributed by atoms with Gasteiger partial charge in [-0.3, -0.25) is 4.79 Å². The summed E-state index contributed by atoms with van der Waals surface area (Å²) in [5.74, 6) is -0.152. The Bertz CT molecular complexity index is 590. The highest BCUT2D eigenvalue weighted by atomic mass is 79.9. The van der Waals surface area contributed by atoms with Crippen molar-refractivity contribution in [3.8, 4) is 0 Å². The third-order valence-corrected chi connectivity index (χ3v) is 8.19. The van der Waals surface area contributed by atoms with E-state index in [-0.39, 0.29) is 11.6 Å². The minimum Gasteiger partial charge on any atom is -0.459 e. The zero-order chi connectivity index (χ0) is 27.2. The normalized spacial score (nSPS) is 16.3. The van der Waals surface area contributed by atoms with Gasteiger partial charge in [-0.25, -0.2) is 4.79 Å². The summed E-state index contributed by atoms with van der Waals surface area (Å²) >= 11 is 3.49. The zero-order valence-corrected chi connectivity index (χ0v) is 26.1. The molecular weight excluding hydrogens is 530 g/mol. The molecule has 0 bridgehead atoms. The fourth-order valence-corrected chi connectivity index (χ4v) is 5.67. The fourth-order valence-electron chi connectivity index (χ4n) is 5.24. The molecule has 1 unspecified atom stereocenters. The number of hydrogen-bond acceptors (Lipinski definition) is 4. The van der Waals surface area contributed by atoms with Crippen molar-refractivity contribution in [2.45, 2.75) is 179 Å². The number of halogens is 1. The summed E-state index contributed by atoms with van der Waals surface area (Å²) in [6.45, 7) is 6.77. The molecule has 0 spiro atoms. The van der Waals surface area contributed by atoms with Gasteiger partial charge >= 0.3 is 12.1 Å². The van der Waals surface area contributed by atoms with Crippen LogP contribution in [0.25, 0.3) is 0 Å². The quantitative estimate of drug-likeness (QED) is 0.0733. The highest BCUT2D eigenvalue weighted by Gasteiger charge is 2.32. The third-order valence-electron chi connectivity index (χ3n) is 7.63. The number of ether oxygens (including phenoxy) is 2. The van der Waals surface area contributed by atoms with E-state index in [0.29, 0.717) is 25.8 Å². The van der Waals surface area contributed by atoms with Crippen LogP contribution in [0.3, 0.4) is 0 Å². The molecule has 1 rings (SSSR count). The van der Waals surface area contributed by atoms with Gasteiger partial charge in [-0.1, -0.05) is 103 Å². The van der Waals surface area contributed by atoms with Gasteiger partial charge in [-0.15, -0.1) is 0 Å². The monoisotopic (exact) mass is 587 g/mol. The Labute approximate surface area is 237 Å². The summed E-state index contributed by atoms with van der Waals surface area (Å²) < 4.78 is 10.4. The summed E-state index contributed by atoms with van der Waals surface area (Å²) in [6.07, 6.45) is 26.7. The van der Waals surface area contributed by atoms with Crippen molar-refractivity contribution in [2.75, 3.05) is 6.54 Å². The van der Waals surface area contributed by atoms with Crippen LogP contribution in [0.15, 0.2) is 0 Å². The summed E-state index contributed by atoms with van der Waals surface area (Å²) in [6, 6.07) is 0. The maximum atomic E-state index is 12.1. The molecule has 1 aliphatic carbocycles. The molecular formula is C31H58BrNO4. The molecule has 1 fully saturated rings. The van der Waals surface area contributed by atoms with E-state index in [2.05, 4.69) is 28.2 Å². The van der Waals surface area contributed by atoms with Gasteiger partial charge in [0.2, 0.25) is 0 Å². The third kappa shape index (κ3) is 19.9. The van der Waals surface area contributed by atoms with Crippen LogP contribution in [0.1, 0.15) is 168 Å². The molecule has 5 nitrogen and oxygen atoms in total. The molecule has 0 saturated heterocycles. The Balaban J connectivity index is 1.89. The molecule has 6 heteroatoms.